The van der Waals surface area contributed by atoms with E-state index in [4.69, 9.17) is 5.11 Å². The smallest absolute Gasteiger partial charge is 0.112 e. The quantitative estimate of drug-likeness (QED) is 0.515. The number of aliphatic hydroxyl groups excluding tert-OH is 1. The molecule has 0 aromatic rings. The molecule has 0 radical (unpaired) electrons. The maximum atomic E-state index is 8.63. The highest BCUT2D eigenvalue weighted by Gasteiger charge is 1.78. The van der Waals surface area contributed by atoms with Crippen LogP contribution in [0.5, 0.6) is 0 Å². The van der Waals surface area contributed by atoms with Crippen molar-refractivity contribution in [3.05, 3.63) is 0 Å². The van der Waals surface area contributed by atoms with E-state index in [1.54, 1.807) is 13.8 Å². The maximum Gasteiger partial charge on any atom is 0.112 e. The van der Waals surface area contributed by atoms with Crippen LogP contribution in [0.25, 0.3) is 0 Å². The highest BCUT2D eigenvalue weighted by Crippen LogP contribution is 1.70. The highest BCUT2D eigenvalue weighted by atomic mass is 16.3. The van der Waals surface area contributed by atoms with Crippen LogP contribution in [0, 0.1) is 35.5 Å². The summed E-state index contributed by atoms with van der Waals surface area (Å²) in [6, 6.07) is 0. The van der Waals surface area contributed by atoms with Crippen molar-refractivity contribution in [3.63, 3.8) is 0 Å². The predicted octanol–water partition coefficient (Wildman–Crippen LogP) is 1.87. The second-order valence-electron chi connectivity index (χ2n) is 1.57. The SMILES string of the molecule is CC#CC#CC#CC(C)O.[HH].[HH].[HH].[HH].[HH].[HH]. The van der Waals surface area contributed by atoms with Gasteiger partial charge in [-0.25, -0.2) is 0 Å². The third kappa shape index (κ3) is 6.64. The third-order valence-electron chi connectivity index (χ3n) is 0.594. The van der Waals surface area contributed by atoms with Gasteiger partial charge in [0.2, 0.25) is 0 Å². The molecule has 0 saturated heterocycles. The van der Waals surface area contributed by atoms with Gasteiger partial charge >= 0.3 is 0 Å². The molecule has 0 rings (SSSR count). The Bertz CT molecular complexity index is 270. The molecule has 0 spiro atoms. The molecule has 1 unspecified atom stereocenters. The summed E-state index contributed by atoms with van der Waals surface area (Å²) in [7, 11) is 0. The predicted molar refractivity (Wildman–Crippen MR) is 53.4 cm³/mol. The van der Waals surface area contributed by atoms with Crippen LogP contribution < -0.4 is 0 Å². The Morgan fingerprint density at radius 1 is 1.20 bits per heavy atom. The summed E-state index contributed by atoms with van der Waals surface area (Å²) in [5.74, 6) is 15.0. The first kappa shape index (κ1) is 8.64. The molecule has 0 fully saturated rings. The fourth-order valence-electron chi connectivity index (χ4n) is 0.266. The van der Waals surface area contributed by atoms with Gasteiger partial charge in [0, 0.05) is 8.56 Å². The molecule has 1 heteroatoms. The van der Waals surface area contributed by atoms with Gasteiger partial charge in [0.25, 0.3) is 0 Å². The fraction of sp³-hybridized carbons (Fsp3) is 0.333. The molecular formula is C9H20O. The normalized spacial score (nSPS) is 8.70. The lowest BCUT2D eigenvalue weighted by molar-refractivity contribution is 0.253. The molecule has 1 atom stereocenters. The summed E-state index contributed by atoms with van der Waals surface area (Å²) in [4.78, 5) is 0. The van der Waals surface area contributed by atoms with Crippen molar-refractivity contribution in [1.29, 1.82) is 0 Å². The van der Waals surface area contributed by atoms with Gasteiger partial charge in [-0.1, -0.05) is 11.8 Å². The van der Waals surface area contributed by atoms with Crippen molar-refractivity contribution in [2.45, 2.75) is 20.0 Å². The second-order valence-corrected chi connectivity index (χ2v) is 1.57. The van der Waals surface area contributed by atoms with Crippen molar-refractivity contribution in [1.82, 2.24) is 0 Å². The van der Waals surface area contributed by atoms with Gasteiger partial charge in [-0.05, 0) is 37.5 Å². The highest BCUT2D eigenvalue weighted by molar-refractivity contribution is 5.35. The maximum absolute atomic E-state index is 8.63. The topological polar surface area (TPSA) is 20.2 Å². The first-order chi connectivity index (χ1) is 4.77. The molecule has 1 nitrogen and oxygen atoms in total. The summed E-state index contributed by atoms with van der Waals surface area (Å²) >= 11 is 0. The van der Waals surface area contributed by atoms with Crippen LogP contribution in [0.15, 0.2) is 0 Å². The van der Waals surface area contributed by atoms with Crippen molar-refractivity contribution >= 4 is 0 Å². The molecule has 0 aliphatic heterocycles. The average Bonchev–Trinajstić information content (AvgIpc) is 1.87. The Morgan fingerprint density at radius 2 is 1.80 bits per heavy atom. The lowest BCUT2D eigenvalue weighted by Crippen LogP contribution is -1.91. The van der Waals surface area contributed by atoms with E-state index in [9.17, 15) is 0 Å². The minimum absolute atomic E-state index is 0. The van der Waals surface area contributed by atoms with Gasteiger partial charge in [0.1, 0.15) is 6.10 Å². The summed E-state index contributed by atoms with van der Waals surface area (Å²) in [6.07, 6.45) is -0.608. The molecular weight excluding hydrogens is 124 g/mol. The van der Waals surface area contributed by atoms with Gasteiger partial charge in [-0.15, -0.1) is 0 Å². The Balaban J connectivity index is -0.0000000270. The van der Waals surface area contributed by atoms with Gasteiger partial charge in [0.15, 0.2) is 0 Å². The minimum Gasteiger partial charge on any atom is -0.381 e. The third-order valence-corrected chi connectivity index (χ3v) is 0.594. The molecule has 1 N–H and O–H groups in total. The second kappa shape index (κ2) is 5.77. The van der Waals surface area contributed by atoms with E-state index in [1.807, 2.05) is 0 Å². The Kier molecular flexibility index (Phi) is 4.99. The van der Waals surface area contributed by atoms with Crippen molar-refractivity contribution in [2.24, 2.45) is 0 Å². The van der Waals surface area contributed by atoms with Gasteiger partial charge < -0.3 is 5.11 Å². The molecule has 0 aromatic carbocycles. The molecule has 0 heterocycles. The monoisotopic (exact) mass is 144 g/mol. The number of hydrogen-bond acceptors (Lipinski definition) is 1. The Labute approximate surface area is 70.4 Å². The first-order valence-electron chi connectivity index (χ1n) is 2.87. The average molecular weight is 144 g/mol. The number of rotatable bonds is 0. The van der Waals surface area contributed by atoms with Crippen LogP contribution >= 0.6 is 0 Å². The van der Waals surface area contributed by atoms with Crippen molar-refractivity contribution in [3.8, 4) is 35.5 Å². The van der Waals surface area contributed by atoms with Gasteiger partial charge in [-0.2, -0.15) is 0 Å². The van der Waals surface area contributed by atoms with Crippen molar-refractivity contribution < 1.29 is 13.7 Å². The lowest BCUT2D eigenvalue weighted by atomic mass is 10.4. The van der Waals surface area contributed by atoms with Crippen LogP contribution in [0.4, 0.5) is 0 Å². The van der Waals surface area contributed by atoms with E-state index < -0.39 is 6.10 Å². The molecule has 0 saturated carbocycles. The minimum atomic E-state index is -0.608. The van der Waals surface area contributed by atoms with E-state index in [-0.39, 0.29) is 8.56 Å². The lowest BCUT2D eigenvalue weighted by Gasteiger charge is -1.82. The molecule has 0 aliphatic carbocycles. The summed E-state index contributed by atoms with van der Waals surface area (Å²) in [6.45, 7) is 3.29. The van der Waals surface area contributed by atoms with E-state index in [1.165, 1.54) is 0 Å². The molecule has 0 aliphatic rings. The molecule has 0 amide bonds. The van der Waals surface area contributed by atoms with Crippen LogP contribution in [0.2, 0.25) is 0 Å². The summed E-state index contributed by atoms with van der Waals surface area (Å²) < 4.78 is 0. The largest absolute Gasteiger partial charge is 0.381 e. The van der Waals surface area contributed by atoms with Gasteiger partial charge in [0.05, 0.1) is 0 Å². The Morgan fingerprint density at radius 3 is 2.30 bits per heavy atom. The van der Waals surface area contributed by atoms with E-state index in [0.29, 0.717) is 0 Å². The summed E-state index contributed by atoms with van der Waals surface area (Å²) in [5, 5.41) is 8.63. The zero-order chi connectivity index (χ0) is 7.82. The number of hydrogen-bond donors (Lipinski definition) is 1. The van der Waals surface area contributed by atoms with Crippen molar-refractivity contribution in [2.75, 3.05) is 0 Å². The standard InChI is InChI=1S/C9H8O.6H2/c1-3-4-5-6-7-8-9(2)10;;;;;;/h9-10H,1-2H3;6*1H. The fourth-order valence-corrected chi connectivity index (χ4v) is 0.266. The van der Waals surface area contributed by atoms with Crippen LogP contribution in [0.3, 0.4) is 0 Å². The summed E-state index contributed by atoms with van der Waals surface area (Å²) in [5.41, 5.74) is 0. The zero-order valence-electron chi connectivity index (χ0n) is 6.02. The number of aliphatic hydroxyl groups is 1. The molecule has 0 bridgehead atoms. The first-order valence-corrected chi connectivity index (χ1v) is 2.87. The Hall–Kier alpha value is -1.36. The van der Waals surface area contributed by atoms with E-state index >= 15 is 0 Å². The van der Waals surface area contributed by atoms with E-state index in [0.717, 1.165) is 0 Å². The zero-order valence-corrected chi connectivity index (χ0v) is 6.02. The van der Waals surface area contributed by atoms with Crippen LogP contribution in [-0.4, -0.2) is 11.2 Å². The van der Waals surface area contributed by atoms with Crippen LogP contribution in [-0.2, 0) is 0 Å². The van der Waals surface area contributed by atoms with E-state index in [2.05, 4.69) is 35.5 Å². The molecule has 0 aromatic heterocycles. The van der Waals surface area contributed by atoms with Gasteiger partial charge in [-0.3, -0.25) is 0 Å². The van der Waals surface area contributed by atoms with Crippen LogP contribution in [0.1, 0.15) is 22.4 Å². The molecule has 10 heavy (non-hydrogen) atoms. The molecule has 62 valence electrons.